The van der Waals surface area contributed by atoms with Crippen LogP contribution in [-0.4, -0.2) is 15.9 Å². The monoisotopic (exact) mass is 372 g/mol. The Bertz CT molecular complexity index is 890. The van der Waals surface area contributed by atoms with Crippen molar-refractivity contribution in [2.75, 3.05) is 5.32 Å². The second-order valence-electron chi connectivity index (χ2n) is 6.06. The number of hydrogen-bond donors (Lipinski definition) is 2. The molecule has 1 fully saturated rings. The molecule has 134 valence electrons. The van der Waals surface area contributed by atoms with Crippen LogP contribution >= 0.6 is 11.6 Å². The van der Waals surface area contributed by atoms with Crippen LogP contribution in [0.15, 0.2) is 45.6 Å². The minimum atomic E-state index is -0.364. The molecule has 3 aromatic heterocycles. The lowest BCUT2D eigenvalue weighted by Gasteiger charge is -2.12. The van der Waals surface area contributed by atoms with Crippen LogP contribution in [0.5, 0.6) is 0 Å². The first-order chi connectivity index (χ1) is 12.7. The second kappa shape index (κ2) is 7.21. The molecule has 0 spiro atoms. The maximum atomic E-state index is 12.6. The Labute approximate surface area is 154 Å². The summed E-state index contributed by atoms with van der Waals surface area (Å²) in [7, 11) is 0. The first-order valence-electron chi connectivity index (χ1n) is 8.35. The van der Waals surface area contributed by atoms with Crippen molar-refractivity contribution in [3.05, 3.63) is 64.9 Å². The predicted molar refractivity (Wildman–Crippen MR) is 94.9 cm³/mol. The summed E-state index contributed by atoms with van der Waals surface area (Å²) in [6.07, 6.45) is 5.20. The SMILES string of the molecule is O=C(NCc1ccco1)c1nc(C2CC2)nc(NCc2ccco2)c1Cl. The number of rotatable bonds is 7. The fraction of sp³-hybridized carbons (Fsp3) is 0.278. The summed E-state index contributed by atoms with van der Waals surface area (Å²) in [6, 6.07) is 7.21. The van der Waals surface area contributed by atoms with Gasteiger partial charge in [0.25, 0.3) is 5.91 Å². The fourth-order valence-electron chi connectivity index (χ4n) is 2.50. The largest absolute Gasteiger partial charge is 0.467 e. The Morgan fingerprint density at radius 3 is 2.42 bits per heavy atom. The van der Waals surface area contributed by atoms with Gasteiger partial charge in [-0.3, -0.25) is 4.79 Å². The molecule has 4 rings (SSSR count). The van der Waals surface area contributed by atoms with Crippen LogP contribution in [-0.2, 0) is 13.1 Å². The van der Waals surface area contributed by atoms with E-state index >= 15 is 0 Å². The van der Waals surface area contributed by atoms with Crippen LogP contribution in [0.1, 0.15) is 46.6 Å². The number of carbonyl (C=O) groups excluding carboxylic acids is 1. The summed E-state index contributed by atoms with van der Waals surface area (Å²) in [5, 5.41) is 6.09. The van der Waals surface area contributed by atoms with E-state index in [1.54, 1.807) is 24.7 Å². The maximum absolute atomic E-state index is 12.6. The number of amides is 1. The zero-order valence-corrected chi connectivity index (χ0v) is 14.6. The summed E-state index contributed by atoms with van der Waals surface area (Å²) in [5.41, 5.74) is 0.164. The highest BCUT2D eigenvalue weighted by molar-refractivity contribution is 6.35. The lowest BCUT2D eigenvalue weighted by molar-refractivity contribution is 0.0943. The third kappa shape index (κ3) is 3.72. The van der Waals surface area contributed by atoms with Crippen LogP contribution < -0.4 is 10.6 Å². The van der Waals surface area contributed by atoms with E-state index in [2.05, 4.69) is 20.6 Å². The number of nitrogens with zero attached hydrogens (tertiary/aromatic N) is 2. The molecule has 0 radical (unpaired) electrons. The van der Waals surface area contributed by atoms with E-state index in [4.69, 9.17) is 20.4 Å². The van der Waals surface area contributed by atoms with Gasteiger partial charge < -0.3 is 19.5 Å². The smallest absolute Gasteiger partial charge is 0.272 e. The highest BCUT2D eigenvalue weighted by atomic mass is 35.5. The van der Waals surface area contributed by atoms with Gasteiger partial charge >= 0.3 is 0 Å². The number of carbonyl (C=O) groups is 1. The van der Waals surface area contributed by atoms with Crippen molar-refractivity contribution in [3.63, 3.8) is 0 Å². The van der Waals surface area contributed by atoms with Gasteiger partial charge in [0.05, 0.1) is 25.6 Å². The van der Waals surface area contributed by atoms with Gasteiger partial charge in [0.1, 0.15) is 28.2 Å². The standard InChI is InChI=1S/C18H17ClN4O3/c19-14-15(18(24)21-10-13-4-2-8-26-13)22-16(11-5-6-11)23-17(14)20-9-12-3-1-7-25-12/h1-4,7-8,11H,5-6,9-10H2,(H,21,24)(H,20,22,23). The van der Waals surface area contributed by atoms with Gasteiger partial charge in [0, 0.05) is 5.92 Å². The lowest BCUT2D eigenvalue weighted by atomic mass is 10.3. The Balaban J connectivity index is 1.55. The third-order valence-corrected chi connectivity index (χ3v) is 4.40. The molecule has 8 heteroatoms. The molecule has 7 nitrogen and oxygen atoms in total. The zero-order valence-electron chi connectivity index (χ0n) is 13.9. The van der Waals surface area contributed by atoms with Crippen molar-refractivity contribution in [3.8, 4) is 0 Å². The summed E-state index contributed by atoms with van der Waals surface area (Å²) in [6.45, 7) is 0.682. The second-order valence-corrected chi connectivity index (χ2v) is 6.44. The van der Waals surface area contributed by atoms with Crippen LogP contribution in [0.25, 0.3) is 0 Å². The highest BCUT2D eigenvalue weighted by Gasteiger charge is 2.30. The Hall–Kier alpha value is -2.80. The number of hydrogen-bond acceptors (Lipinski definition) is 6. The van der Waals surface area contributed by atoms with Gasteiger partial charge in [-0.05, 0) is 37.1 Å². The van der Waals surface area contributed by atoms with Crippen LogP contribution in [0.3, 0.4) is 0 Å². The van der Waals surface area contributed by atoms with Crippen molar-refractivity contribution >= 4 is 23.3 Å². The fourth-order valence-corrected chi connectivity index (χ4v) is 2.74. The lowest BCUT2D eigenvalue weighted by Crippen LogP contribution is -2.25. The molecule has 1 aliphatic carbocycles. The topological polar surface area (TPSA) is 93.2 Å². The average Bonchev–Trinajstić information content (AvgIpc) is 3.13. The molecule has 0 bridgehead atoms. The van der Waals surface area contributed by atoms with Crippen molar-refractivity contribution in [1.82, 2.24) is 15.3 Å². The Kier molecular flexibility index (Phi) is 4.62. The molecule has 3 heterocycles. The molecule has 1 amide bonds. The first kappa shape index (κ1) is 16.7. The maximum Gasteiger partial charge on any atom is 0.272 e. The Morgan fingerprint density at radius 2 is 1.81 bits per heavy atom. The zero-order chi connectivity index (χ0) is 17.9. The average molecular weight is 373 g/mol. The van der Waals surface area contributed by atoms with Crippen molar-refractivity contribution in [1.29, 1.82) is 0 Å². The van der Waals surface area contributed by atoms with Gasteiger partial charge in [0.2, 0.25) is 0 Å². The van der Waals surface area contributed by atoms with Crippen LogP contribution in [0, 0.1) is 0 Å². The molecule has 1 saturated carbocycles. The highest BCUT2D eigenvalue weighted by Crippen LogP contribution is 2.39. The van der Waals surface area contributed by atoms with Gasteiger partial charge in [-0.2, -0.15) is 0 Å². The van der Waals surface area contributed by atoms with Gasteiger partial charge in [-0.1, -0.05) is 11.6 Å². The number of anilines is 1. The number of furan rings is 2. The molecule has 26 heavy (non-hydrogen) atoms. The summed E-state index contributed by atoms with van der Waals surface area (Å²) >= 11 is 6.40. The molecule has 3 aromatic rings. The summed E-state index contributed by atoms with van der Waals surface area (Å²) in [5.74, 6) is 2.39. The van der Waals surface area contributed by atoms with E-state index < -0.39 is 0 Å². The van der Waals surface area contributed by atoms with E-state index in [1.165, 1.54) is 0 Å². The normalized spacial score (nSPS) is 13.6. The van der Waals surface area contributed by atoms with Crippen molar-refractivity contribution in [2.24, 2.45) is 0 Å². The van der Waals surface area contributed by atoms with E-state index in [1.807, 2.05) is 12.1 Å². The van der Waals surface area contributed by atoms with Gasteiger partial charge in [0.15, 0.2) is 5.69 Å². The molecule has 0 unspecified atom stereocenters. The molecular weight excluding hydrogens is 356 g/mol. The van der Waals surface area contributed by atoms with E-state index in [-0.39, 0.29) is 29.1 Å². The summed E-state index contributed by atoms with van der Waals surface area (Å²) < 4.78 is 10.5. The first-order valence-corrected chi connectivity index (χ1v) is 8.73. The van der Waals surface area contributed by atoms with Crippen LogP contribution in [0.2, 0.25) is 5.02 Å². The third-order valence-electron chi connectivity index (χ3n) is 4.04. The van der Waals surface area contributed by atoms with E-state index in [9.17, 15) is 4.79 Å². The van der Waals surface area contributed by atoms with Gasteiger partial charge in [-0.15, -0.1) is 0 Å². The number of nitrogens with one attached hydrogen (secondary N) is 2. The van der Waals surface area contributed by atoms with Gasteiger partial charge in [-0.25, -0.2) is 9.97 Å². The minimum absolute atomic E-state index is 0.164. The quantitative estimate of drug-likeness (QED) is 0.656. The Morgan fingerprint density at radius 1 is 1.12 bits per heavy atom. The minimum Gasteiger partial charge on any atom is -0.467 e. The van der Waals surface area contributed by atoms with E-state index in [0.717, 1.165) is 18.6 Å². The molecule has 0 atom stereocenters. The van der Waals surface area contributed by atoms with Crippen LogP contribution in [0.4, 0.5) is 5.82 Å². The molecule has 1 aliphatic rings. The molecule has 0 aromatic carbocycles. The van der Waals surface area contributed by atoms with Crippen molar-refractivity contribution in [2.45, 2.75) is 31.8 Å². The number of aromatic nitrogens is 2. The number of halogens is 1. The molecular formula is C18H17ClN4O3. The molecule has 0 aliphatic heterocycles. The van der Waals surface area contributed by atoms with Crippen molar-refractivity contribution < 1.29 is 13.6 Å². The predicted octanol–water partition coefficient (Wildman–Crippen LogP) is 3.74. The van der Waals surface area contributed by atoms with E-state index in [0.29, 0.717) is 23.9 Å². The summed E-state index contributed by atoms with van der Waals surface area (Å²) in [4.78, 5) is 21.5. The molecule has 0 saturated heterocycles. The molecule has 2 N–H and O–H groups in total.